The molecule has 0 atom stereocenters. The lowest BCUT2D eigenvalue weighted by Gasteiger charge is -2.04. The second kappa shape index (κ2) is 6.59. The minimum absolute atomic E-state index is 0.161. The highest BCUT2D eigenvalue weighted by Crippen LogP contribution is 2.16. The molecule has 0 radical (unpaired) electrons. The number of aryl methyl sites for hydroxylation is 2. The average molecular weight is 305 g/mol. The van der Waals surface area contributed by atoms with Gasteiger partial charge in [0, 0.05) is 35.0 Å². The Hall–Kier alpha value is -2.07. The first kappa shape index (κ1) is 15.3. The Kier molecular flexibility index (Phi) is 4.81. The number of esters is 1. The quantitative estimate of drug-likeness (QED) is 0.642. The fourth-order valence-electron chi connectivity index (χ4n) is 2.00. The van der Waals surface area contributed by atoms with Crippen LogP contribution in [0.2, 0.25) is 5.02 Å². The van der Waals surface area contributed by atoms with Crippen molar-refractivity contribution in [2.45, 2.75) is 20.5 Å². The molecule has 0 saturated carbocycles. The number of hydrogen-bond acceptors (Lipinski definition) is 3. The first-order valence-electron chi connectivity index (χ1n) is 6.57. The smallest absolute Gasteiger partial charge is 0.331 e. The molecule has 0 spiro atoms. The van der Waals surface area contributed by atoms with Crippen LogP contribution in [-0.2, 0) is 23.2 Å². The van der Waals surface area contributed by atoms with Crippen LogP contribution in [0.5, 0.6) is 0 Å². The zero-order valence-corrected chi connectivity index (χ0v) is 13.0. The lowest BCUT2D eigenvalue weighted by Crippen LogP contribution is -2.01. The van der Waals surface area contributed by atoms with Gasteiger partial charge in [-0.05, 0) is 26.0 Å². The van der Waals surface area contributed by atoms with E-state index in [-0.39, 0.29) is 6.61 Å². The van der Waals surface area contributed by atoms with E-state index < -0.39 is 5.97 Å². The first-order valence-corrected chi connectivity index (χ1v) is 6.95. The van der Waals surface area contributed by atoms with Crippen LogP contribution in [0.15, 0.2) is 30.3 Å². The minimum atomic E-state index is -0.405. The molecule has 0 bridgehead atoms. The van der Waals surface area contributed by atoms with E-state index in [0.717, 1.165) is 22.5 Å². The molecule has 5 heteroatoms. The number of rotatable bonds is 4. The topological polar surface area (TPSA) is 44.1 Å². The Bertz CT molecular complexity index is 690. The molecule has 0 N–H and O–H groups in total. The maximum atomic E-state index is 11.8. The van der Waals surface area contributed by atoms with Gasteiger partial charge in [-0.25, -0.2) is 4.79 Å². The Labute approximate surface area is 129 Å². The number of nitrogens with zero attached hydrogens (tertiary/aromatic N) is 2. The molecule has 1 heterocycles. The number of aromatic nitrogens is 2. The number of carbonyl (C=O) groups excluding carboxylic acids is 1. The molecule has 0 aliphatic rings. The van der Waals surface area contributed by atoms with Gasteiger partial charge in [-0.1, -0.05) is 29.8 Å². The van der Waals surface area contributed by atoms with Crippen molar-refractivity contribution in [2.75, 3.05) is 0 Å². The van der Waals surface area contributed by atoms with E-state index in [2.05, 4.69) is 5.10 Å². The van der Waals surface area contributed by atoms with Gasteiger partial charge in [0.25, 0.3) is 0 Å². The van der Waals surface area contributed by atoms with Gasteiger partial charge in [0.05, 0.1) is 5.69 Å². The van der Waals surface area contributed by atoms with Crippen molar-refractivity contribution in [3.8, 4) is 0 Å². The van der Waals surface area contributed by atoms with Crippen LogP contribution in [0.1, 0.15) is 22.5 Å². The third-order valence-corrected chi connectivity index (χ3v) is 3.65. The van der Waals surface area contributed by atoms with Gasteiger partial charge in [0.1, 0.15) is 6.61 Å². The molecule has 2 rings (SSSR count). The molecule has 0 fully saturated rings. The Morgan fingerprint density at radius 3 is 2.71 bits per heavy atom. The second-order valence-corrected chi connectivity index (χ2v) is 5.15. The molecule has 21 heavy (non-hydrogen) atoms. The van der Waals surface area contributed by atoms with E-state index in [4.69, 9.17) is 16.3 Å². The summed E-state index contributed by atoms with van der Waals surface area (Å²) >= 11 is 6.00. The fourth-order valence-corrected chi connectivity index (χ4v) is 2.19. The summed E-state index contributed by atoms with van der Waals surface area (Å²) in [6.07, 6.45) is 3.14. The van der Waals surface area contributed by atoms with E-state index in [9.17, 15) is 4.79 Å². The normalized spacial score (nSPS) is 11.0. The van der Waals surface area contributed by atoms with Crippen LogP contribution in [-0.4, -0.2) is 15.7 Å². The van der Waals surface area contributed by atoms with Crippen LogP contribution in [0.4, 0.5) is 0 Å². The van der Waals surface area contributed by atoms with Gasteiger partial charge in [-0.3, -0.25) is 4.68 Å². The summed E-state index contributed by atoms with van der Waals surface area (Å²) in [6.45, 7) is 4.02. The molecular weight excluding hydrogens is 288 g/mol. The van der Waals surface area contributed by atoms with Crippen molar-refractivity contribution in [3.63, 3.8) is 0 Å². The van der Waals surface area contributed by atoms with Crippen LogP contribution in [0, 0.1) is 13.8 Å². The molecule has 0 saturated heterocycles. The molecule has 1 aromatic heterocycles. The predicted molar refractivity (Wildman–Crippen MR) is 83.0 cm³/mol. The highest BCUT2D eigenvalue weighted by atomic mass is 35.5. The third kappa shape index (κ3) is 3.73. The predicted octanol–water partition coefficient (Wildman–Crippen LogP) is 3.45. The summed E-state index contributed by atoms with van der Waals surface area (Å²) in [5, 5.41) is 4.88. The maximum Gasteiger partial charge on any atom is 0.331 e. The van der Waals surface area contributed by atoms with Crippen LogP contribution in [0.3, 0.4) is 0 Å². The van der Waals surface area contributed by atoms with Crippen LogP contribution in [0.25, 0.3) is 6.08 Å². The molecular formula is C16H17ClN2O2. The maximum absolute atomic E-state index is 11.8. The number of hydrogen-bond donors (Lipinski definition) is 0. The lowest BCUT2D eigenvalue weighted by molar-refractivity contribution is -0.138. The number of ether oxygens (including phenoxy) is 1. The molecule has 2 aromatic rings. The summed E-state index contributed by atoms with van der Waals surface area (Å²) in [7, 11) is 1.87. The monoisotopic (exact) mass is 304 g/mol. The Morgan fingerprint density at radius 1 is 1.38 bits per heavy atom. The minimum Gasteiger partial charge on any atom is -0.458 e. The Morgan fingerprint density at radius 2 is 2.10 bits per heavy atom. The molecule has 4 nitrogen and oxygen atoms in total. The molecule has 110 valence electrons. The zero-order valence-electron chi connectivity index (χ0n) is 12.3. The molecule has 0 aliphatic heterocycles. The van der Waals surface area contributed by atoms with E-state index in [1.54, 1.807) is 16.8 Å². The van der Waals surface area contributed by atoms with Crippen molar-refractivity contribution >= 4 is 23.6 Å². The Balaban J connectivity index is 1.99. The van der Waals surface area contributed by atoms with E-state index in [0.29, 0.717) is 5.02 Å². The highest BCUT2D eigenvalue weighted by Gasteiger charge is 2.07. The van der Waals surface area contributed by atoms with Gasteiger partial charge in [-0.15, -0.1) is 0 Å². The standard InChI is InChI=1S/C16H17ClN2O2/c1-11-14(12(2)19(3)18-11)8-9-16(20)21-10-13-6-4-5-7-15(13)17/h4-9H,10H2,1-3H3/b9-8+. The van der Waals surface area contributed by atoms with Gasteiger partial charge < -0.3 is 4.74 Å². The van der Waals surface area contributed by atoms with Gasteiger partial charge in [0.15, 0.2) is 0 Å². The number of benzene rings is 1. The van der Waals surface area contributed by atoms with Crippen molar-refractivity contribution in [3.05, 3.63) is 57.9 Å². The van der Waals surface area contributed by atoms with E-state index >= 15 is 0 Å². The van der Waals surface area contributed by atoms with Crippen molar-refractivity contribution < 1.29 is 9.53 Å². The van der Waals surface area contributed by atoms with Gasteiger partial charge >= 0.3 is 5.97 Å². The zero-order chi connectivity index (χ0) is 15.4. The van der Waals surface area contributed by atoms with Crippen molar-refractivity contribution in [2.24, 2.45) is 7.05 Å². The summed E-state index contributed by atoms with van der Waals surface area (Å²) in [6, 6.07) is 7.28. The van der Waals surface area contributed by atoms with Crippen LogP contribution < -0.4 is 0 Å². The first-order chi connectivity index (χ1) is 9.99. The second-order valence-electron chi connectivity index (χ2n) is 4.74. The molecule has 0 amide bonds. The average Bonchev–Trinajstić information content (AvgIpc) is 2.69. The molecule has 0 unspecified atom stereocenters. The number of carbonyl (C=O) groups is 1. The SMILES string of the molecule is Cc1nn(C)c(C)c1/C=C/C(=O)OCc1ccccc1Cl. The molecule has 0 aliphatic carbocycles. The van der Waals surface area contributed by atoms with Crippen LogP contribution >= 0.6 is 11.6 Å². The number of halogens is 1. The molecule has 1 aromatic carbocycles. The lowest BCUT2D eigenvalue weighted by atomic mass is 10.2. The summed E-state index contributed by atoms with van der Waals surface area (Å²) in [4.78, 5) is 11.8. The summed E-state index contributed by atoms with van der Waals surface area (Å²) in [5.74, 6) is -0.405. The van der Waals surface area contributed by atoms with Crippen molar-refractivity contribution in [1.82, 2.24) is 9.78 Å². The van der Waals surface area contributed by atoms with Crippen molar-refractivity contribution in [1.29, 1.82) is 0 Å². The third-order valence-electron chi connectivity index (χ3n) is 3.28. The van der Waals surface area contributed by atoms with E-state index in [1.165, 1.54) is 6.08 Å². The highest BCUT2D eigenvalue weighted by molar-refractivity contribution is 6.31. The summed E-state index contributed by atoms with van der Waals surface area (Å²) < 4.78 is 6.96. The van der Waals surface area contributed by atoms with Gasteiger partial charge in [-0.2, -0.15) is 5.10 Å². The van der Waals surface area contributed by atoms with E-state index in [1.807, 2.05) is 39.1 Å². The van der Waals surface area contributed by atoms with Gasteiger partial charge in [0.2, 0.25) is 0 Å². The fraction of sp³-hybridized carbons (Fsp3) is 0.250. The summed E-state index contributed by atoms with van der Waals surface area (Å²) in [5.41, 5.74) is 3.61. The largest absolute Gasteiger partial charge is 0.458 e.